The van der Waals surface area contributed by atoms with Gasteiger partial charge in [0.05, 0.1) is 17.6 Å². The Morgan fingerprint density at radius 3 is 2.58 bits per heavy atom. The molecule has 158 valence electrons. The van der Waals surface area contributed by atoms with Crippen molar-refractivity contribution >= 4 is 11.6 Å². The maximum Gasteiger partial charge on any atom is 0.223 e. The minimum atomic E-state index is 0.370. The molecule has 3 N–H and O–H groups in total. The Hall–Kier alpha value is -3.25. The summed E-state index contributed by atoms with van der Waals surface area (Å²) in [5, 5.41) is 3.45. The Morgan fingerprint density at radius 1 is 0.968 bits per heavy atom. The third-order valence-electron chi connectivity index (χ3n) is 6.27. The number of nitrogens with one attached hydrogen (secondary N) is 1. The fourth-order valence-corrected chi connectivity index (χ4v) is 4.37. The van der Waals surface area contributed by atoms with Gasteiger partial charge >= 0.3 is 0 Å². The van der Waals surface area contributed by atoms with Gasteiger partial charge in [-0.2, -0.15) is 0 Å². The second-order valence-corrected chi connectivity index (χ2v) is 8.54. The van der Waals surface area contributed by atoms with E-state index in [1.807, 2.05) is 25.4 Å². The van der Waals surface area contributed by atoms with Gasteiger partial charge in [-0.25, -0.2) is 15.0 Å². The Balaban J connectivity index is 1.43. The van der Waals surface area contributed by atoms with Gasteiger partial charge in [-0.3, -0.25) is 4.40 Å². The first-order valence-corrected chi connectivity index (χ1v) is 11.0. The maximum absolute atomic E-state index is 6.03. The number of rotatable bonds is 5. The predicted octanol–water partition coefficient (Wildman–Crippen LogP) is 4.70. The maximum atomic E-state index is 6.03. The van der Waals surface area contributed by atoms with Crippen LogP contribution in [0.3, 0.4) is 0 Å². The zero-order valence-corrected chi connectivity index (χ0v) is 17.8. The molecule has 3 heterocycles. The van der Waals surface area contributed by atoms with Crippen LogP contribution in [-0.2, 0) is 0 Å². The summed E-state index contributed by atoms with van der Waals surface area (Å²) in [6.07, 6.45) is 10.5. The summed E-state index contributed by atoms with van der Waals surface area (Å²) in [6.45, 7) is 2.93. The lowest BCUT2D eigenvalue weighted by Gasteiger charge is -2.26. The van der Waals surface area contributed by atoms with Crippen LogP contribution in [0.5, 0.6) is 0 Å². The minimum Gasteiger partial charge on any atom is -0.354 e. The lowest BCUT2D eigenvalue weighted by molar-refractivity contribution is 0.338. The van der Waals surface area contributed by atoms with Crippen LogP contribution in [0.2, 0.25) is 0 Å². The van der Waals surface area contributed by atoms with Crippen molar-refractivity contribution < 1.29 is 0 Å². The molecule has 1 fully saturated rings. The summed E-state index contributed by atoms with van der Waals surface area (Å²) in [5.74, 6) is 1.31. The molecule has 0 amide bonds. The predicted molar refractivity (Wildman–Crippen MR) is 125 cm³/mol. The van der Waals surface area contributed by atoms with E-state index in [2.05, 4.69) is 62.3 Å². The van der Waals surface area contributed by atoms with Crippen molar-refractivity contribution in [3.8, 4) is 22.5 Å². The lowest BCUT2D eigenvalue weighted by Crippen LogP contribution is -2.29. The van der Waals surface area contributed by atoms with Crippen molar-refractivity contribution in [1.29, 1.82) is 0 Å². The summed E-state index contributed by atoms with van der Waals surface area (Å²) in [6, 6.07) is 14.9. The zero-order valence-electron chi connectivity index (χ0n) is 17.8. The van der Waals surface area contributed by atoms with E-state index in [9.17, 15) is 0 Å². The molecule has 0 aliphatic heterocycles. The number of aryl methyl sites for hydroxylation is 1. The number of aromatic nitrogens is 4. The minimum absolute atomic E-state index is 0.370. The number of anilines is 1. The van der Waals surface area contributed by atoms with Crippen LogP contribution in [0, 0.1) is 12.8 Å². The highest BCUT2D eigenvalue weighted by atomic mass is 15.1. The molecule has 0 unspecified atom stereocenters. The smallest absolute Gasteiger partial charge is 0.223 e. The Bertz CT molecular complexity index is 1180. The van der Waals surface area contributed by atoms with E-state index in [1.54, 1.807) is 0 Å². The summed E-state index contributed by atoms with van der Waals surface area (Å²) in [4.78, 5) is 14.0. The summed E-state index contributed by atoms with van der Waals surface area (Å²) >= 11 is 0. The average Bonchev–Trinajstić information content (AvgIpc) is 3.23. The third kappa shape index (κ3) is 4.16. The number of hydrogen-bond donors (Lipinski definition) is 2. The van der Waals surface area contributed by atoms with Crippen molar-refractivity contribution in [2.24, 2.45) is 11.7 Å². The zero-order chi connectivity index (χ0) is 21.2. The van der Waals surface area contributed by atoms with E-state index in [-0.39, 0.29) is 0 Å². The van der Waals surface area contributed by atoms with Gasteiger partial charge in [0.2, 0.25) is 5.95 Å². The highest BCUT2D eigenvalue weighted by Crippen LogP contribution is 2.27. The second-order valence-electron chi connectivity index (χ2n) is 8.54. The van der Waals surface area contributed by atoms with Gasteiger partial charge < -0.3 is 11.1 Å². The van der Waals surface area contributed by atoms with Crippen LogP contribution >= 0.6 is 0 Å². The summed E-state index contributed by atoms with van der Waals surface area (Å²) in [7, 11) is 0. The SMILES string of the molecule is Cc1cnc(NCC2CCC(N)CC2)nc1-c1cnc2ccc(-c3ccccc3)cn12. The topological polar surface area (TPSA) is 81.1 Å². The largest absolute Gasteiger partial charge is 0.354 e. The number of pyridine rings is 1. The van der Waals surface area contributed by atoms with Gasteiger partial charge in [-0.1, -0.05) is 30.3 Å². The van der Waals surface area contributed by atoms with E-state index in [0.717, 1.165) is 47.5 Å². The van der Waals surface area contributed by atoms with Crippen molar-refractivity contribution in [2.45, 2.75) is 38.6 Å². The fourth-order valence-electron chi connectivity index (χ4n) is 4.37. The molecule has 31 heavy (non-hydrogen) atoms. The molecule has 1 saturated carbocycles. The van der Waals surface area contributed by atoms with Crippen molar-refractivity contribution in [1.82, 2.24) is 19.4 Å². The molecule has 0 bridgehead atoms. The number of nitrogens with two attached hydrogens (primary N) is 1. The number of fused-ring (bicyclic) bond motifs is 1. The normalized spacial score (nSPS) is 18.9. The van der Waals surface area contributed by atoms with Crippen LogP contribution in [-0.4, -0.2) is 31.9 Å². The molecule has 0 radical (unpaired) electrons. The quantitative estimate of drug-likeness (QED) is 0.497. The molecule has 1 aliphatic carbocycles. The Morgan fingerprint density at radius 2 is 1.77 bits per heavy atom. The number of hydrogen-bond acceptors (Lipinski definition) is 5. The Kier molecular flexibility index (Phi) is 5.38. The molecule has 1 aromatic carbocycles. The van der Waals surface area contributed by atoms with Crippen LogP contribution in [0.1, 0.15) is 31.2 Å². The van der Waals surface area contributed by atoms with Crippen LogP contribution < -0.4 is 11.1 Å². The van der Waals surface area contributed by atoms with Crippen molar-refractivity contribution in [2.75, 3.05) is 11.9 Å². The Labute approximate surface area is 182 Å². The van der Waals surface area contributed by atoms with E-state index in [1.165, 1.54) is 18.4 Å². The third-order valence-corrected chi connectivity index (χ3v) is 6.27. The van der Waals surface area contributed by atoms with E-state index in [4.69, 9.17) is 10.7 Å². The molecule has 0 atom stereocenters. The van der Waals surface area contributed by atoms with E-state index >= 15 is 0 Å². The van der Waals surface area contributed by atoms with Crippen LogP contribution in [0.15, 0.2) is 61.1 Å². The highest BCUT2D eigenvalue weighted by Gasteiger charge is 2.19. The fraction of sp³-hybridized carbons (Fsp3) is 0.320. The number of imidazole rings is 1. The summed E-state index contributed by atoms with van der Waals surface area (Å²) < 4.78 is 2.12. The highest BCUT2D eigenvalue weighted by molar-refractivity contribution is 5.69. The molecule has 6 heteroatoms. The molecule has 4 aromatic rings. The van der Waals surface area contributed by atoms with Crippen molar-refractivity contribution in [3.05, 3.63) is 66.6 Å². The molecule has 5 rings (SSSR count). The van der Waals surface area contributed by atoms with Crippen LogP contribution in [0.4, 0.5) is 5.95 Å². The number of benzene rings is 1. The molecule has 0 saturated heterocycles. The van der Waals surface area contributed by atoms with Crippen LogP contribution in [0.25, 0.3) is 28.2 Å². The van der Waals surface area contributed by atoms with E-state index in [0.29, 0.717) is 17.9 Å². The average molecular weight is 413 g/mol. The summed E-state index contributed by atoms with van der Waals surface area (Å²) in [5.41, 5.74) is 12.2. The first-order chi connectivity index (χ1) is 15.2. The van der Waals surface area contributed by atoms with Gasteiger partial charge in [0, 0.05) is 25.0 Å². The molecule has 6 nitrogen and oxygen atoms in total. The molecular formula is C25H28N6. The second kappa shape index (κ2) is 8.47. The van der Waals surface area contributed by atoms with E-state index < -0.39 is 0 Å². The molecule has 3 aromatic heterocycles. The first kappa shape index (κ1) is 19.7. The van der Waals surface area contributed by atoms with Gasteiger partial charge in [-0.05, 0) is 67.3 Å². The number of nitrogens with zero attached hydrogens (tertiary/aromatic N) is 4. The monoisotopic (exact) mass is 412 g/mol. The lowest BCUT2D eigenvalue weighted by atomic mass is 9.86. The van der Waals surface area contributed by atoms with Gasteiger partial charge in [0.25, 0.3) is 0 Å². The molecule has 1 aliphatic rings. The van der Waals surface area contributed by atoms with Gasteiger partial charge in [0.15, 0.2) is 0 Å². The van der Waals surface area contributed by atoms with Gasteiger partial charge in [-0.15, -0.1) is 0 Å². The molecular weight excluding hydrogens is 384 g/mol. The van der Waals surface area contributed by atoms with Crippen molar-refractivity contribution in [3.63, 3.8) is 0 Å². The van der Waals surface area contributed by atoms with Gasteiger partial charge in [0.1, 0.15) is 5.65 Å². The molecule has 0 spiro atoms. The first-order valence-electron chi connectivity index (χ1n) is 11.0. The standard InChI is InChI=1S/C25H28N6/c1-17-13-28-25(29-14-18-7-10-21(26)11-8-18)30-24(17)22-15-27-23-12-9-20(16-31(22)23)19-5-3-2-4-6-19/h2-6,9,12-13,15-16,18,21H,7-8,10-11,14,26H2,1H3,(H,28,29,30).